The maximum absolute atomic E-state index is 11.8. The van der Waals surface area contributed by atoms with Gasteiger partial charge in [-0.2, -0.15) is 0 Å². The Bertz CT molecular complexity index is 656. The van der Waals surface area contributed by atoms with Gasteiger partial charge in [0.1, 0.15) is 5.75 Å². The average Bonchev–Trinajstić information content (AvgIpc) is 2.40. The number of pyridine rings is 1. The van der Waals surface area contributed by atoms with E-state index in [9.17, 15) is 4.79 Å². The van der Waals surface area contributed by atoms with Gasteiger partial charge in [0.05, 0.1) is 27.6 Å². The third-order valence-corrected chi connectivity index (χ3v) is 3.12. The summed E-state index contributed by atoms with van der Waals surface area (Å²) in [5.41, 5.74) is 6.31. The number of hydrogen-bond donors (Lipinski definition) is 2. The maximum Gasteiger partial charge on any atom is 0.262 e. The largest absolute Gasteiger partial charge is 0.482 e. The summed E-state index contributed by atoms with van der Waals surface area (Å²) in [5.74, 6) is -0.0428. The lowest BCUT2D eigenvalue weighted by Crippen LogP contribution is -2.21. The Kier molecular flexibility index (Phi) is 5.12. The summed E-state index contributed by atoms with van der Waals surface area (Å²) in [7, 11) is 0. The molecule has 21 heavy (non-hydrogen) atoms. The molecule has 1 amide bonds. The first-order valence-electron chi connectivity index (χ1n) is 5.73. The summed E-state index contributed by atoms with van der Waals surface area (Å²) >= 11 is 17.5. The summed E-state index contributed by atoms with van der Waals surface area (Å²) in [5, 5.41) is 3.61. The third-order valence-electron chi connectivity index (χ3n) is 2.40. The lowest BCUT2D eigenvalue weighted by atomic mass is 10.2. The Labute approximate surface area is 136 Å². The summed E-state index contributed by atoms with van der Waals surface area (Å²) in [6.45, 7) is -0.236. The molecule has 2 rings (SSSR count). The van der Waals surface area contributed by atoms with Gasteiger partial charge in [-0.25, -0.2) is 0 Å². The minimum Gasteiger partial charge on any atom is -0.482 e. The molecule has 0 aliphatic carbocycles. The van der Waals surface area contributed by atoms with Gasteiger partial charge in [0.2, 0.25) is 0 Å². The number of carbonyl (C=O) groups is 1. The number of anilines is 2. The molecule has 1 aromatic carbocycles. The molecule has 3 N–H and O–H groups in total. The van der Waals surface area contributed by atoms with Gasteiger partial charge in [-0.05, 0) is 12.1 Å². The zero-order chi connectivity index (χ0) is 15.4. The van der Waals surface area contributed by atoms with Crippen molar-refractivity contribution in [2.24, 2.45) is 0 Å². The second-order valence-electron chi connectivity index (χ2n) is 4.03. The van der Waals surface area contributed by atoms with E-state index in [1.165, 1.54) is 24.5 Å². The second kappa shape index (κ2) is 6.85. The molecule has 1 heterocycles. The highest BCUT2D eigenvalue weighted by atomic mass is 35.5. The van der Waals surface area contributed by atoms with Gasteiger partial charge in [0.25, 0.3) is 5.91 Å². The summed E-state index contributed by atoms with van der Waals surface area (Å²) in [4.78, 5) is 15.7. The second-order valence-corrected chi connectivity index (χ2v) is 5.31. The topological polar surface area (TPSA) is 77.2 Å². The number of aromatic nitrogens is 1. The van der Waals surface area contributed by atoms with Crippen LogP contribution in [0.3, 0.4) is 0 Å². The Morgan fingerprint density at radius 3 is 2.62 bits per heavy atom. The number of benzene rings is 1. The normalized spacial score (nSPS) is 10.2. The molecule has 0 radical (unpaired) electrons. The molecule has 0 saturated heterocycles. The zero-order valence-electron chi connectivity index (χ0n) is 10.6. The van der Waals surface area contributed by atoms with Crippen molar-refractivity contribution in [3.8, 4) is 5.75 Å². The number of halogens is 3. The van der Waals surface area contributed by atoms with E-state index >= 15 is 0 Å². The van der Waals surface area contributed by atoms with Crippen molar-refractivity contribution in [2.45, 2.75) is 0 Å². The number of nitrogens with zero attached hydrogens (tertiary/aromatic N) is 1. The number of nitrogens with two attached hydrogens (primary N) is 1. The zero-order valence-corrected chi connectivity index (χ0v) is 12.8. The number of hydrogen-bond acceptors (Lipinski definition) is 4. The molecule has 0 spiro atoms. The van der Waals surface area contributed by atoms with Crippen molar-refractivity contribution in [3.05, 3.63) is 45.7 Å². The molecule has 0 bridgehead atoms. The first-order chi connectivity index (χ1) is 9.95. The van der Waals surface area contributed by atoms with Gasteiger partial charge in [-0.15, -0.1) is 0 Å². The standard InChI is InChI=1S/C13H10Cl3N3O2/c14-7-2-10(16)13(11(17)3-7)19-12(20)6-21-9-1-8(15)4-18-5-9/h1-5H,6,17H2,(H,19,20). The number of ether oxygens (including phenoxy) is 1. The van der Waals surface area contributed by atoms with Crippen LogP contribution in [0.25, 0.3) is 0 Å². The van der Waals surface area contributed by atoms with Crippen molar-refractivity contribution in [1.29, 1.82) is 0 Å². The van der Waals surface area contributed by atoms with E-state index in [2.05, 4.69) is 10.3 Å². The van der Waals surface area contributed by atoms with E-state index in [4.69, 9.17) is 45.3 Å². The van der Waals surface area contributed by atoms with Crippen LogP contribution in [0.4, 0.5) is 11.4 Å². The summed E-state index contributed by atoms with van der Waals surface area (Å²) < 4.78 is 5.26. The van der Waals surface area contributed by atoms with E-state index in [1.807, 2.05) is 0 Å². The first-order valence-corrected chi connectivity index (χ1v) is 6.87. The molecular formula is C13H10Cl3N3O2. The van der Waals surface area contributed by atoms with Gasteiger partial charge in [0.15, 0.2) is 6.61 Å². The predicted octanol–water partition coefficient (Wildman–Crippen LogP) is 3.64. The van der Waals surface area contributed by atoms with E-state index in [0.717, 1.165) is 0 Å². The molecule has 0 saturated carbocycles. The number of carbonyl (C=O) groups excluding carboxylic acids is 1. The lowest BCUT2D eigenvalue weighted by molar-refractivity contribution is -0.118. The summed E-state index contributed by atoms with van der Waals surface area (Å²) in [6, 6.07) is 4.52. The quantitative estimate of drug-likeness (QED) is 0.829. The number of nitrogen functional groups attached to an aromatic ring is 1. The molecule has 1 aromatic heterocycles. The number of amides is 1. The van der Waals surface area contributed by atoms with Gasteiger partial charge in [-0.1, -0.05) is 34.8 Å². The Hall–Kier alpha value is -1.69. The fourth-order valence-corrected chi connectivity index (χ4v) is 2.24. The van der Waals surface area contributed by atoms with Crippen LogP contribution in [0.1, 0.15) is 0 Å². The first kappa shape index (κ1) is 15.7. The minimum atomic E-state index is -0.425. The monoisotopic (exact) mass is 345 g/mol. The Morgan fingerprint density at radius 2 is 1.95 bits per heavy atom. The SMILES string of the molecule is Nc1cc(Cl)cc(Cl)c1NC(=O)COc1cncc(Cl)c1. The molecular weight excluding hydrogens is 337 g/mol. The van der Waals surface area contributed by atoms with Crippen LogP contribution in [0.5, 0.6) is 5.75 Å². The molecule has 0 unspecified atom stereocenters. The Morgan fingerprint density at radius 1 is 1.19 bits per heavy atom. The third kappa shape index (κ3) is 4.39. The molecule has 0 aliphatic heterocycles. The van der Waals surface area contributed by atoms with Gasteiger partial charge in [0, 0.05) is 17.3 Å². The van der Waals surface area contributed by atoms with Crippen molar-refractivity contribution in [2.75, 3.05) is 17.7 Å². The molecule has 0 fully saturated rings. The fourth-order valence-electron chi connectivity index (χ4n) is 1.52. The van der Waals surface area contributed by atoms with Crippen LogP contribution >= 0.6 is 34.8 Å². The van der Waals surface area contributed by atoms with Gasteiger partial charge in [-0.3, -0.25) is 9.78 Å². The van der Waals surface area contributed by atoms with Crippen LogP contribution in [-0.2, 0) is 4.79 Å². The molecule has 0 atom stereocenters. The van der Waals surface area contributed by atoms with Gasteiger partial charge < -0.3 is 15.8 Å². The van der Waals surface area contributed by atoms with Gasteiger partial charge >= 0.3 is 0 Å². The minimum absolute atomic E-state index is 0.236. The summed E-state index contributed by atoms with van der Waals surface area (Å²) in [6.07, 6.45) is 2.91. The molecule has 110 valence electrons. The maximum atomic E-state index is 11.8. The average molecular weight is 347 g/mol. The molecule has 2 aromatic rings. The van der Waals surface area contributed by atoms with Crippen molar-refractivity contribution in [1.82, 2.24) is 4.98 Å². The predicted molar refractivity (Wildman–Crippen MR) is 84.2 cm³/mol. The number of nitrogens with one attached hydrogen (secondary N) is 1. The van der Waals surface area contributed by atoms with Crippen molar-refractivity contribution in [3.63, 3.8) is 0 Å². The highest BCUT2D eigenvalue weighted by Gasteiger charge is 2.11. The lowest BCUT2D eigenvalue weighted by Gasteiger charge is -2.11. The van der Waals surface area contributed by atoms with Crippen LogP contribution in [-0.4, -0.2) is 17.5 Å². The van der Waals surface area contributed by atoms with Crippen LogP contribution < -0.4 is 15.8 Å². The molecule has 8 heteroatoms. The smallest absolute Gasteiger partial charge is 0.262 e. The van der Waals surface area contributed by atoms with Crippen LogP contribution in [0.2, 0.25) is 15.1 Å². The van der Waals surface area contributed by atoms with E-state index in [0.29, 0.717) is 21.5 Å². The fraction of sp³-hybridized carbons (Fsp3) is 0.0769. The molecule has 0 aliphatic rings. The van der Waals surface area contributed by atoms with Crippen molar-refractivity contribution >= 4 is 52.1 Å². The highest BCUT2D eigenvalue weighted by Crippen LogP contribution is 2.31. The molecule has 5 nitrogen and oxygen atoms in total. The van der Waals surface area contributed by atoms with E-state index in [1.54, 1.807) is 6.07 Å². The van der Waals surface area contributed by atoms with E-state index in [-0.39, 0.29) is 17.3 Å². The van der Waals surface area contributed by atoms with Crippen molar-refractivity contribution < 1.29 is 9.53 Å². The van der Waals surface area contributed by atoms with Crippen LogP contribution in [0, 0.1) is 0 Å². The highest BCUT2D eigenvalue weighted by molar-refractivity contribution is 6.37. The number of rotatable bonds is 4. The van der Waals surface area contributed by atoms with E-state index < -0.39 is 5.91 Å². The Balaban J connectivity index is 1.99. The van der Waals surface area contributed by atoms with Crippen LogP contribution in [0.15, 0.2) is 30.6 Å².